The highest BCUT2D eigenvalue weighted by molar-refractivity contribution is 5.47. The Kier molecular flexibility index (Phi) is 1.02. The normalized spacial score (nSPS) is 20.8. The lowest BCUT2D eigenvalue weighted by molar-refractivity contribution is 0.171. The number of aliphatic hydroxyl groups excluding tert-OH is 1. The van der Waals surface area contributed by atoms with Crippen molar-refractivity contribution in [2.75, 3.05) is 6.75 Å². The Morgan fingerprint density at radius 3 is 3.27 bits per heavy atom. The SMILES string of the molecule is [2H]C1([2H])Oc2cccc(CO)c2O1. The molecule has 0 amide bonds. The van der Waals surface area contributed by atoms with Gasteiger partial charge in [0, 0.05) is 5.56 Å². The first kappa shape index (κ1) is 4.62. The van der Waals surface area contributed by atoms with Crippen LogP contribution in [0.1, 0.15) is 8.30 Å². The van der Waals surface area contributed by atoms with Gasteiger partial charge in [0.1, 0.15) is 2.74 Å². The molecule has 0 fully saturated rings. The fourth-order valence-electron chi connectivity index (χ4n) is 0.989. The van der Waals surface area contributed by atoms with Gasteiger partial charge in [-0.15, -0.1) is 0 Å². The third-order valence-electron chi connectivity index (χ3n) is 1.53. The second-order valence-electron chi connectivity index (χ2n) is 2.19. The van der Waals surface area contributed by atoms with Crippen LogP contribution < -0.4 is 9.47 Å². The number of fused-ring (bicyclic) bond motifs is 1. The summed E-state index contributed by atoms with van der Waals surface area (Å²) < 4.78 is 24.1. The third kappa shape index (κ3) is 0.935. The van der Waals surface area contributed by atoms with E-state index in [9.17, 15) is 0 Å². The zero-order valence-electron chi connectivity index (χ0n) is 7.70. The van der Waals surface area contributed by atoms with Gasteiger partial charge in [-0.3, -0.25) is 0 Å². The Bertz CT molecular complexity index is 338. The summed E-state index contributed by atoms with van der Waals surface area (Å²) in [6, 6.07) is 4.93. The molecule has 1 aromatic rings. The summed E-state index contributed by atoms with van der Waals surface area (Å²) in [5.41, 5.74) is 0.527. The summed E-state index contributed by atoms with van der Waals surface area (Å²) in [6.45, 7) is -2.31. The molecular formula is C8H8O3. The lowest BCUT2D eigenvalue weighted by Crippen LogP contribution is -1.94. The van der Waals surface area contributed by atoms with E-state index in [0.29, 0.717) is 11.3 Å². The predicted octanol–water partition coefficient (Wildman–Crippen LogP) is 0.908. The lowest BCUT2D eigenvalue weighted by Gasteiger charge is -2.00. The van der Waals surface area contributed by atoms with Gasteiger partial charge in [-0.05, 0) is 6.07 Å². The fourth-order valence-corrected chi connectivity index (χ4v) is 0.989. The van der Waals surface area contributed by atoms with E-state index in [1.165, 1.54) is 0 Å². The maximum absolute atomic E-state index is 8.91. The molecule has 0 saturated heterocycles. The fraction of sp³-hybridized carbons (Fsp3) is 0.250. The van der Waals surface area contributed by atoms with E-state index in [4.69, 9.17) is 17.3 Å². The van der Waals surface area contributed by atoms with Crippen LogP contribution in [-0.4, -0.2) is 11.9 Å². The van der Waals surface area contributed by atoms with Crippen molar-refractivity contribution in [3.8, 4) is 11.5 Å². The molecule has 0 saturated carbocycles. The molecule has 0 spiro atoms. The van der Waals surface area contributed by atoms with E-state index < -0.39 is 6.75 Å². The molecular weight excluding hydrogens is 144 g/mol. The second-order valence-corrected chi connectivity index (χ2v) is 2.19. The number of rotatable bonds is 1. The predicted molar refractivity (Wildman–Crippen MR) is 38.5 cm³/mol. The average molecular weight is 154 g/mol. The molecule has 1 aliphatic rings. The molecule has 11 heavy (non-hydrogen) atoms. The zero-order chi connectivity index (χ0) is 9.47. The van der Waals surface area contributed by atoms with Crippen LogP contribution in [0.25, 0.3) is 0 Å². The Morgan fingerprint density at radius 2 is 2.45 bits per heavy atom. The molecule has 0 unspecified atom stereocenters. The van der Waals surface area contributed by atoms with Crippen LogP contribution in [0.5, 0.6) is 11.5 Å². The van der Waals surface area contributed by atoms with Gasteiger partial charge in [-0.1, -0.05) is 12.1 Å². The minimum atomic E-state index is -2.12. The molecule has 2 rings (SSSR count). The highest BCUT2D eigenvalue weighted by Gasteiger charge is 2.15. The van der Waals surface area contributed by atoms with Crippen LogP contribution in [-0.2, 0) is 6.61 Å². The van der Waals surface area contributed by atoms with Gasteiger partial charge >= 0.3 is 0 Å². The molecule has 1 heterocycles. The third-order valence-corrected chi connectivity index (χ3v) is 1.53. The van der Waals surface area contributed by atoms with E-state index in [1.54, 1.807) is 18.2 Å². The van der Waals surface area contributed by atoms with Crippen molar-refractivity contribution in [1.29, 1.82) is 0 Å². The van der Waals surface area contributed by atoms with Crippen LogP contribution in [0.2, 0.25) is 0 Å². The van der Waals surface area contributed by atoms with E-state index in [1.807, 2.05) is 0 Å². The van der Waals surface area contributed by atoms with Crippen molar-refractivity contribution in [2.45, 2.75) is 6.61 Å². The van der Waals surface area contributed by atoms with Gasteiger partial charge in [0.05, 0.1) is 6.61 Å². The molecule has 0 aromatic heterocycles. The van der Waals surface area contributed by atoms with E-state index >= 15 is 0 Å². The number of ether oxygens (including phenoxy) is 2. The first-order valence-corrected chi connectivity index (χ1v) is 3.23. The van der Waals surface area contributed by atoms with Crippen LogP contribution in [0.15, 0.2) is 18.2 Å². The number of hydrogen-bond acceptors (Lipinski definition) is 3. The maximum atomic E-state index is 8.91. The molecule has 58 valence electrons. The molecule has 0 aliphatic carbocycles. The Labute approximate surface area is 67.0 Å². The van der Waals surface area contributed by atoms with E-state index in [-0.39, 0.29) is 12.4 Å². The molecule has 1 N–H and O–H groups in total. The molecule has 0 radical (unpaired) electrons. The van der Waals surface area contributed by atoms with Crippen LogP contribution >= 0.6 is 0 Å². The lowest BCUT2D eigenvalue weighted by atomic mass is 10.2. The van der Waals surface area contributed by atoms with Gasteiger partial charge in [-0.25, -0.2) is 0 Å². The van der Waals surface area contributed by atoms with Crippen molar-refractivity contribution >= 4 is 0 Å². The minimum absolute atomic E-state index is 0.192. The van der Waals surface area contributed by atoms with Crippen molar-refractivity contribution < 1.29 is 17.3 Å². The maximum Gasteiger partial charge on any atom is 0.231 e. The van der Waals surface area contributed by atoms with Crippen molar-refractivity contribution in [1.82, 2.24) is 0 Å². The smallest absolute Gasteiger partial charge is 0.231 e. The molecule has 0 atom stereocenters. The molecule has 1 aliphatic heterocycles. The highest BCUT2D eigenvalue weighted by atomic mass is 16.7. The number of hydrogen-bond donors (Lipinski definition) is 1. The topological polar surface area (TPSA) is 38.7 Å². The summed E-state index contributed by atoms with van der Waals surface area (Å²) >= 11 is 0. The Balaban J connectivity index is 2.45. The van der Waals surface area contributed by atoms with E-state index in [0.717, 1.165) is 0 Å². The first-order chi connectivity index (χ1) is 6.12. The van der Waals surface area contributed by atoms with Crippen LogP contribution in [0.3, 0.4) is 0 Å². The molecule has 3 nitrogen and oxygen atoms in total. The van der Waals surface area contributed by atoms with Gasteiger partial charge in [-0.2, -0.15) is 0 Å². The van der Waals surface area contributed by atoms with Gasteiger partial charge < -0.3 is 14.6 Å². The molecule has 1 aromatic carbocycles. The Morgan fingerprint density at radius 1 is 1.55 bits per heavy atom. The summed E-state index contributed by atoms with van der Waals surface area (Å²) in [5, 5.41) is 8.91. The minimum Gasteiger partial charge on any atom is -0.454 e. The number of para-hydroxylation sites is 1. The first-order valence-electron chi connectivity index (χ1n) is 4.23. The van der Waals surface area contributed by atoms with Crippen molar-refractivity contribution in [3.05, 3.63) is 23.8 Å². The zero-order valence-corrected chi connectivity index (χ0v) is 5.70. The van der Waals surface area contributed by atoms with E-state index in [2.05, 4.69) is 0 Å². The standard InChI is InChI=1S/C8H8O3/c9-4-6-2-1-3-7-8(6)11-5-10-7/h1-3,9H,4-5H2/i5D2. The number of aliphatic hydroxyl groups is 1. The summed E-state index contributed by atoms with van der Waals surface area (Å²) in [7, 11) is 0. The largest absolute Gasteiger partial charge is 0.454 e. The van der Waals surface area contributed by atoms with Gasteiger partial charge in [0.25, 0.3) is 0 Å². The number of benzene rings is 1. The Hall–Kier alpha value is -1.22. The van der Waals surface area contributed by atoms with Crippen LogP contribution in [0, 0.1) is 0 Å². The average Bonchev–Trinajstić information content (AvgIpc) is 2.37. The second kappa shape index (κ2) is 2.43. The van der Waals surface area contributed by atoms with Gasteiger partial charge in [0.2, 0.25) is 6.75 Å². The quantitative estimate of drug-likeness (QED) is 0.653. The van der Waals surface area contributed by atoms with Crippen molar-refractivity contribution in [3.63, 3.8) is 0 Å². The summed E-state index contributed by atoms with van der Waals surface area (Å²) in [6.07, 6.45) is 0. The molecule has 0 bridgehead atoms. The summed E-state index contributed by atoms with van der Waals surface area (Å²) in [5.74, 6) is 0.617. The van der Waals surface area contributed by atoms with Crippen molar-refractivity contribution in [2.24, 2.45) is 0 Å². The van der Waals surface area contributed by atoms with Crippen LogP contribution in [0.4, 0.5) is 0 Å². The molecule has 3 heteroatoms. The summed E-state index contributed by atoms with van der Waals surface area (Å²) in [4.78, 5) is 0. The monoisotopic (exact) mass is 154 g/mol. The van der Waals surface area contributed by atoms with Gasteiger partial charge in [0.15, 0.2) is 11.5 Å². The highest BCUT2D eigenvalue weighted by Crippen LogP contribution is 2.34.